The molecule has 0 saturated heterocycles. The van der Waals surface area contributed by atoms with Crippen molar-refractivity contribution < 1.29 is 4.42 Å². The molecule has 0 aliphatic heterocycles. The Labute approximate surface area is 199 Å². The molecule has 6 aromatic rings. The number of hydrogen-bond acceptors (Lipinski definition) is 1. The third kappa shape index (κ3) is 2.00. The van der Waals surface area contributed by atoms with Gasteiger partial charge in [0.25, 0.3) is 0 Å². The lowest BCUT2D eigenvalue weighted by Crippen LogP contribution is -2.25. The van der Waals surface area contributed by atoms with Crippen LogP contribution >= 0.6 is 15.9 Å². The molecule has 0 radical (unpaired) electrons. The summed E-state index contributed by atoms with van der Waals surface area (Å²) in [4.78, 5) is 0. The summed E-state index contributed by atoms with van der Waals surface area (Å²) >= 11 is 3.71. The predicted molar refractivity (Wildman–Crippen MR) is 138 cm³/mol. The lowest BCUT2D eigenvalue weighted by molar-refractivity contribution is 0.669. The molecular formula is C31H17BrO. The fourth-order valence-electron chi connectivity index (χ4n) is 6.38. The average molecular weight is 485 g/mol. The molecule has 1 atom stereocenters. The molecule has 5 aromatic carbocycles. The zero-order chi connectivity index (χ0) is 21.7. The molecule has 0 fully saturated rings. The normalized spacial score (nSPS) is 17.4. The van der Waals surface area contributed by atoms with E-state index in [4.69, 9.17) is 4.42 Å². The zero-order valence-electron chi connectivity index (χ0n) is 17.6. The molecule has 0 N–H and O–H groups in total. The molecule has 0 saturated carbocycles. The van der Waals surface area contributed by atoms with Crippen LogP contribution in [0.1, 0.15) is 22.3 Å². The predicted octanol–water partition coefficient (Wildman–Crippen LogP) is 8.69. The first-order valence-electron chi connectivity index (χ1n) is 11.2. The van der Waals surface area contributed by atoms with Crippen LogP contribution in [0.5, 0.6) is 0 Å². The van der Waals surface area contributed by atoms with Crippen molar-refractivity contribution >= 4 is 37.9 Å². The van der Waals surface area contributed by atoms with Gasteiger partial charge in [-0.1, -0.05) is 101 Å². The van der Waals surface area contributed by atoms with Gasteiger partial charge >= 0.3 is 0 Å². The Bertz CT molecular complexity index is 1790. The highest BCUT2D eigenvalue weighted by molar-refractivity contribution is 9.10. The van der Waals surface area contributed by atoms with Crippen LogP contribution in [0.3, 0.4) is 0 Å². The number of fused-ring (bicyclic) bond motifs is 14. The van der Waals surface area contributed by atoms with E-state index in [-0.39, 0.29) is 5.41 Å². The van der Waals surface area contributed by atoms with E-state index >= 15 is 0 Å². The van der Waals surface area contributed by atoms with Crippen LogP contribution in [0, 0.1) is 0 Å². The van der Waals surface area contributed by atoms with Crippen LogP contribution in [-0.4, -0.2) is 0 Å². The van der Waals surface area contributed by atoms with E-state index in [0.717, 1.165) is 15.6 Å². The van der Waals surface area contributed by atoms with E-state index in [1.807, 2.05) is 6.07 Å². The first-order chi connectivity index (χ1) is 16.3. The fraction of sp³-hybridized carbons (Fsp3) is 0.0323. The zero-order valence-corrected chi connectivity index (χ0v) is 19.2. The Morgan fingerprint density at radius 3 is 2.09 bits per heavy atom. The first-order valence-corrected chi connectivity index (χ1v) is 12.0. The summed E-state index contributed by atoms with van der Waals surface area (Å²) < 4.78 is 7.65. The topological polar surface area (TPSA) is 13.1 Å². The highest BCUT2D eigenvalue weighted by Gasteiger charge is 2.52. The van der Waals surface area contributed by atoms with E-state index in [2.05, 4.69) is 113 Å². The van der Waals surface area contributed by atoms with Gasteiger partial charge in [-0.25, -0.2) is 0 Å². The molecule has 33 heavy (non-hydrogen) atoms. The maximum atomic E-state index is 6.54. The summed E-state index contributed by atoms with van der Waals surface area (Å²) in [5.41, 5.74) is 12.0. The minimum atomic E-state index is -0.342. The maximum absolute atomic E-state index is 6.54. The van der Waals surface area contributed by atoms with Gasteiger partial charge in [0.15, 0.2) is 0 Å². The van der Waals surface area contributed by atoms with Crippen molar-refractivity contribution in [3.05, 3.63) is 130 Å². The molecule has 8 rings (SSSR count). The lowest BCUT2D eigenvalue weighted by Gasteiger charge is -2.30. The summed E-state index contributed by atoms with van der Waals surface area (Å²) in [5.74, 6) is 0. The largest absolute Gasteiger partial charge is 0.455 e. The summed E-state index contributed by atoms with van der Waals surface area (Å²) in [6.07, 6.45) is 0. The highest BCUT2D eigenvalue weighted by atomic mass is 79.9. The van der Waals surface area contributed by atoms with Crippen molar-refractivity contribution in [2.75, 3.05) is 0 Å². The van der Waals surface area contributed by atoms with Crippen LogP contribution in [0.2, 0.25) is 0 Å². The van der Waals surface area contributed by atoms with Crippen LogP contribution < -0.4 is 0 Å². The molecule has 1 nitrogen and oxygen atoms in total. The van der Waals surface area contributed by atoms with Crippen LogP contribution in [0.15, 0.2) is 112 Å². The number of rotatable bonds is 0. The number of benzene rings is 5. The van der Waals surface area contributed by atoms with Gasteiger partial charge in [-0.2, -0.15) is 0 Å². The molecular weight excluding hydrogens is 468 g/mol. The Morgan fingerprint density at radius 2 is 1.21 bits per heavy atom. The Hall–Kier alpha value is -3.62. The average Bonchev–Trinajstić information content (AvgIpc) is 3.47. The van der Waals surface area contributed by atoms with Crippen molar-refractivity contribution in [3.8, 4) is 22.3 Å². The Balaban J connectivity index is 1.61. The monoisotopic (exact) mass is 484 g/mol. The molecule has 1 spiro atoms. The van der Waals surface area contributed by atoms with Gasteiger partial charge in [-0.3, -0.25) is 0 Å². The van der Waals surface area contributed by atoms with Gasteiger partial charge in [0.1, 0.15) is 11.2 Å². The van der Waals surface area contributed by atoms with E-state index in [0.29, 0.717) is 0 Å². The Morgan fingerprint density at radius 1 is 0.545 bits per heavy atom. The van der Waals surface area contributed by atoms with Crippen LogP contribution in [0.4, 0.5) is 0 Å². The van der Waals surface area contributed by atoms with E-state index < -0.39 is 0 Å². The van der Waals surface area contributed by atoms with Crippen LogP contribution in [0.25, 0.3) is 44.2 Å². The summed E-state index contributed by atoms with van der Waals surface area (Å²) in [6, 6.07) is 37.4. The second-order valence-electron chi connectivity index (χ2n) is 8.99. The van der Waals surface area contributed by atoms with Crippen molar-refractivity contribution in [2.45, 2.75) is 5.41 Å². The number of furan rings is 1. The van der Waals surface area contributed by atoms with Crippen molar-refractivity contribution in [1.29, 1.82) is 0 Å². The fourth-order valence-corrected chi connectivity index (χ4v) is 6.74. The molecule has 1 heterocycles. The van der Waals surface area contributed by atoms with Crippen molar-refractivity contribution in [3.63, 3.8) is 0 Å². The second-order valence-corrected chi connectivity index (χ2v) is 9.91. The highest BCUT2D eigenvalue weighted by Crippen LogP contribution is 2.64. The van der Waals surface area contributed by atoms with Gasteiger partial charge in [0, 0.05) is 20.8 Å². The van der Waals surface area contributed by atoms with Crippen LogP contribution in [-0.2, 0) is 5.41 Å². The van der Waals surface area contributed by atoms with E-state index in [1.54, 1.807) is 0 Å². The maximum Gasteiger partial charge on any atom is 0.143 e. The molecule has 0 bridgehead atoms. The number of para-hydroxylation sites is 1. The summed E-state index contributed by atoms with van der Waals surface area (Å²) in [5, 5.41) is 2.35. The molecule has 1 aromatic heterocycles. The minimum Gasteiger partial charge on any atom is -0.455 e. The van der Waals surface area contributed by atoms with Crippen molar-refractivity contribution in [2.24, 2.45) is 0 Å². The third-order valence-electron chi connectivity index (χ3n) is 7.56. The quantitative estimate of drug-likeness (QED) is 0.209. The van der Waals surface area contributed by atoms with Gasteiger partial charge in [-0.15, -0.1) is 0 Å². The SMILES string of the molecule is Brc1ccc2c(c1)-c1ccccc1C21c2ccccc2-c2c1ccc1c2oc2ccccc21. The van der Waals surface area contributed by atoms with Gasteiger partial charge in [0.05, 0.1) is 5.41 Å². The minimum absolute atomic E-state index is 0.342. The van der Waals surface area contributed by atoms with E-state index in [9.17, 15) is 0 Å². The first kappa shape index (κ1) is 17.9. The third-order valence-corrected chi connectivity index (χ3v) is 8.05. The molecule has 154 valence electrons. The molecule has 2 aliphatic rings. The molecule has 2 aliphatic carbocycles. The number of halogens is 1. The number of hydrogen-bond donors (Lipinski definition) is 0. The van der Waals surface area contributed by atoms with Crippen molar-refractivity contribution in [1.82, 2.24) is 0 Å². The Kier molecular flexibility index (Phi) is 3.27. The summed E-state index contributed by atoms with van der Waals surface area (Å²) in [6.45, 7) is 0. The lowest BCUT2D eigenvalue weighted by atomic mass is 9.70. The second kappa shape index (κ2) is 6.03. The molecule has 0 amide bonds. The smallest absolute Gasteiger partial charge is 0.143 e. The van der Waals surface area contributed by atoms with Gasteiger partial charge < -0.3 is 4.42 Å². The molecule has 1 unspecified atom stereocenters. The molecule has 2 heteroatoms. The van der Waals surface area contributed by atoms with Gasteiger partial charge in [0.2, 0.25) is 0 Å². The van der Waals surface area contributed by atoms with Gasteiger partial charge in [-0.05, 0) is 57.1 Å². The standard InChI is InChI=1S/C31H17BrO/c32-18-13-15-26-23(17-18)19-7-1-4-10-24(19)31(26)25-11-5-2-9-22(25)29-27(31)16-14-21-20-8-3-6-12-28(20)33-30(21)29/h1-17H. The summed E-state index contributed by atoms with van der Waals surface area (Å²) in [7, 11) is 0. The van der Waals surface area contributed by atoms with E-state index in [1.165, 1.54) is 55.3 Å².